The van der Waals surface area contributed by atoms with Crippen LogP contribution in [0.3, 0.4) is 0 Å². The molecule has 1 N–H and O–H groups in total. The highest BCUT2D eigenvalue weighted by Crippen LogP contribution is 2.22. The van der Waals surface area contributed by atoms with Gasteiger partial charge in [-0.25, -0.2) is 0 Å². The molecular weight excluding hydrogens is 438 g/mol. The summed E-state index contributed by atoms with van der Waals surface area (Å²) < 4.78 is 5.66. The monoisotopic (exact) mass is 471 g/mol. The van der Waals surface area contributed by atoms with Gasteiger partial charge in [-0.15, -0.1) is 0 Å². The van der Waals surface area contributed by atoms with Crippen LogP contribution in [-0.2, 0) is 0 Å². The van der Waals surface area contributed by atoms with E-state index in [1.165, 1.54) is 0 Å². The Labute approximate surface area is 207 Å². The van der Waals surface area contributed by atoms with Crippen LogP contribution in [0.4, 0.5) is 11.4 Å². The number of hydrogen-bond acceptors (Lipinski definition) is 4. The van der Waals surface area contributed by atoms with Crippen molar-refractivity contribution in [3.63, 3.8) is 0 Å². The normalized spacial score (nSPS) is 13.4. The van der Waals surface area contributed by atoms with Crippen LogP contribution in [0, 0.1) is 6.92 Å². The largest absolute Gasteiger partial charge is 0.494 e. The number of benzene rings is 3. The molecule has 1 heterocycles. The van der Waals surface area contributed by atoms with Gasteiger partial charge in [0.1, 0.15) is 5.75 Å². The van der Waals surface area contributed by atoms with Gasteiger partial charge in [-0.3, -0.25) is 9.59 Å². The Morgan fingerprint density at radius 2 is 1.57 bits per heavy atom. The number of piperazine rings is 1. The summed E-state index contributed by atoms with van der Waals surface area (Å²) in [7, 11) is 0. The number of nitrogens with zero attached hydrogens (tertiary/aromatic N) is 2. The van der Waals surface area contributed by atoms with Gasteiger partial charge >= 0.3 is 0 Å². The molecule has 0 aliphatic carbocycles. The van der Waals surface area contributed by atoms with E-state index in [4.69, 9.17) is 4.74 Å². The Bertz CT molecular complexity index is 1130. The second kappa shape index (κ2) is 11.6. The van der Waals surface area contributed by atoms with Crippen molar-refractivity contribution in [2.75, 3.05) is 43.0 Å². The lowest BCUT2D eigenvalue weighted by atomic mass is 10.1. The number of hydrogen-bond donors (Lipinski definition) is 1. The first-order valence-electron chi connectivity index (χ1n) is 12.3. The van der Waals surface area contributed by atoms with Crippen molar-refractivity contribution in [3.8, 4) is 5.75 Å². The average molecular weight is 472 g/mol. The van der Waals surface area contributed by atoms with Gasteiger partial charge in [0, 0.05) is 48.7 Å². The number of nitrogens with one attached hydrogen (secondary N) is 1. The summed E-state index contributed by atoms with van der Waals surface area (Å²) in [6.07, 6.45) is 2.10. The molecule has 0 spiro atoms. The lowest BCUT2D eigenvalue weighted by Gasteiger charge is -2.36. The standard InChI is InChI=1S/C29H33N3O3/c1-3-4-21-35-26-15-9-23(10-16-26)28(33)30-24-11-13-25(14-12-24)31-17-19-32(20-18-31)29(34)27-8-6-5-7-22(27)2/h5-16H,3-4,17-21H2,1-2H3,(H,30,33). The fourth-order valence-corrected chi connectivity index (χ4v) is 4.15. The molecule has 3 aromatic carbocycles. The number of amides is 2. The minimum absolute atomic E-state index is 0.0985. The van der Waals surface area contributed by atoms with Crippen LogP contribution in [0.5, 0.6) is 5.75 Å². The van der Waals surface area contributed by atoms with Crippen LogP contribution in [0.25, 0.3) is 0 Å². The van der Waals surface area contributed by atoms with Crippen LogP contribution < -0.4 is 15.0 Å². The summed E-state index contributed by atoms with van der Waals surface area (Å²) in [6.45, 7) is 7.70. The third-order valence-corrected chi connectivity index (χ3v) is 6.32. The molecule has 0 unspecified atom stereocenters. The summed E-state index contributed by atoms with van der Waals surface area (Å²) >= 11 is 0. The Morgan fingerprint density at radius 3 is 2.23 bits per heavy atom. The van der Waals surface area contributed by atoms with Gasteiger partial charge in [0.05, 0.1) is 6.61 Å². The first-order chi connectivity index (χ1) is 17.0. The van der Waals surface area contributed by atoms with Gasteiger partial charge in [0.25, 0.3) is 11.8 Å². The number of carbonyl (C=O) groups excluding carboxylic acids is 2. The van der Waals surface area contributed by atoms with Crippen LogP contribution in [0.2, 0.25) is 0 Å². The molecule has 3 aromatic rings. The summed E-state index contributed by atoms with van der Waals surface area (Å²) in [6, 6.07) is 22.8. The van der Waals surface area contributed by atoms with E-state index >= 15 is 0 Å². The topological polar surface area (TPSA) is 61.9 Å². The summed E-state index contributed by atoms with van der Waals surface area (Å²) in [5.74, 6) is 0.725. The molecule has 1 saturated heterocycles. The highest BCUT2D eigenvalue weighted by Gasteiger charge is 2.23. The van der Waals surface area contributed by atoms with Crippen molar-refractivity contribution in [2.24, 2.45) is 0 Å². The fraction of sp³-hybridized carbons (Fsp3) is 0.310. The number of aryl methyl sites for hydroxylation is 1. The molecular formula is C29H33N3O3. The average Bonchev–Trinajstić information content (AvgIpc) is 2.90. The van der Waals surface area contributed by atoms with Crippen LogP contribution in [0.15, 0.2) is 72.8 Å². The molecule has 1 aliphatic rings. The predicted octanol–water partition coefficient (Wildman–Crippen LogP) is 5.39. The zero-order chi connectivity index (χ0) is 24.6. The Hall–Kier alpha value is -3.80. The molecule has 182 valence electrons. The minimum Gasteiger partial charge on any atom is -0.494 e. The van der Waals surface area contributed by atoms with E-state index in [1.807, 2.05) is 72.5 Å². The third kappa shape index (κ3) is 6.21. The molecule has 0 saturated carbocycles. The van der Waals surface area contributed by atoms with E-state index in [0.29, 0.717) is 25.3 Å². The molecule has 0 bridgehead atoms. The van der Waals surface area contributed by atoms with Crippen molar-refractivity contribution < 1.29 is 14.3 Å². The van der Waals surface area contributed by atoms with Gasteiger partial charge in [0.15, 0.2) is 0 Å². The molecule has 0 aromatic heterocycles. The highest BCUT2D eigenvalue weighted by molar-refractivity contribution is 6.04. The molecule has 4 rings (SSSR count). The van der Waals surface area contributed by atoms with Crippen LogP contribution >= 0.6 is 0 Å². The van der Waals surface area contributed by atoms with Gasteiger partial charge in [0.2, 0.25) is 0 Å². The SMILES string of the molecule is CCCCOc1ccc(C(=O)Nc2ccc(N3CCN(C(=O)c4ccccc4C)CC3)cc2)cc1. The molecule has 35 heavy (non-hydrogen) atoms. The van der Waals surface area contributed by atoms with Crippen molar-refractivity contribution >= 4 is 23.2 Å². The molecule has 2 amide bonds. The molecule has 1 aliphatic heterocycles. The van der Waals surface area contributed by atoms with E-state index in [-0.39, 0.29) is 11.8 Å². The lowest BCUT2D eigenvalue weighted by molar-refractivity contribution is 0.0746. The van der Waals surface area contributed by atoms with Gasteiger partial charge in [-0.2, -0.15) is 0 Å². The third-order valence-electron chi connectivity index (χ3n) is 6.32. The van der Waals surface area contributed by atoms with E-state index in [2.05, 4.69) is 17.1 Å². The predicted molar refractivity (Wildman–Crippen MR) is 141 cm³/mol. The Morgan fingerprint density at radius 1 is 0.886 bits per heavy atom. The molecule has 0 atom stereocenters. The summed E-state index contributed by atoms with van der Waals surface area (Å²) in [5, 5.41) is 2.95. The summed E-state index contributed by atoms with van der Waals surface area (Å²) in [5.41, 5.74) is 4.20. The maximum atomic E-state index is 12.9. The highest BCUT2D eigenvalue weighted by atomic mass is 16.5. The van der Waals surface area contributed by atoms with Crippen molar-refractivity contribution in [1.29, 1.82) is 0 Å². The first kappa shape index (κ1) is 24.3. The number of carbonyl (C=O) groups is 2. The molecule has 6 nitrogen and oxygen atoms in total. The van der Waals surface area contributed by atoms with Gasteiger partial charge in [-0.1, -0.05) is 31.5 Å². The van der Waals surface area contributed by atoms with E-state index in [0.717, 1.165) is 54.2 Å². The zero-order valence-corrected chi connectivity index (χ0v) is 20.5. The van der Waals surface area contributed by atoms with Crippen molar-refractivity contribution in [3.05, 3.63) is 89.5 Å². The number of ether oxygens (including phenoxy) is 1. The maximum absolute atomic E-state index is 12.9. The second-order valence-electron chi connectivity index (χ2n) is 8.82. The van der Waals surface area contributed by atoms with Crippen LogP contribution in [0.1, 0.15) is 46.0 Å². The Balaban J connectivity index is 1.29. The lowest BCUT2D eigenvalue weighted by Crippen LogP contribution is -2.48. The summed E-state index contributed by atoms with van der Waals surface area (Å²) in [4.78, 5) is 29.7. The quantitative estimate of drug-likeness (QED) is 0.448. The minimum atomic E-state index is -0.152. The van der Waals surface area contributed by atoms with Gasteiger partial charge in [-0.05, 0) is 73.5 Å². The fourth-order valence-electron chi connectivity index (χ4n) is 4.15. The van der Waals surface area contributed by atoms with Crippen molar-refractivity contribution in [2.45, 2.75) is 26.7 Å². The number of rotatable bonds is 8. The van der Waals surface area contributed by atoms with E-state index < -0.39 is 0 Å². The van der Waals surface area contributed by atoms with Gasteiger partial charge < -0.3 is 19.9 Å². The molecule has 6 heteroatoms. The molecule has 1 fully saturated rings. The van der Waals surface area contributed by atoms with E-state index in [9.17, 15) is 9.59 Å². The van der Waals surface area contributed by atoms with E-state index in [1.54, 1.807) is 12.1 Å². The number of anilines is 2. The smallest absolute Gasteiger partial charge is 0.255 e. The van der Waals surface area contributed by atoms with Crippen LogP contribution in [-0.4, -0.2) is 49.5 Å². The number of unbranched alkanes of at least 4 members (excludes halogenated alkanes) is 1. The Kier molecular flexibility index (Phi) is 8.03. The first-order valence-corrected chi connectivity index (χ1v) is 12.3. The maximum Gasteiger partial charge on any atom is 0.255 e. The molecule has 0 radical (unpaired) electrons. The second-order valence-corrected chi connectivity index (χ2v) is 8.82. The van der Waals surface area contributed by atoms with Crippen molar-refractivity contribution in [1.82, 2.24) is 4.90 Å². The zero-order valence-electron chi connectivity index (χ0n) is 20.5.